The number of nitrogens with zero attached hydrogens (tertiary/aromatic N) is 2. The Morgan fingerprint density at radius 1 is 0.951 bits per heavy atom. The summed E-state index contributed by atoms with van der Waals surface area (Å²) in [6.45, 7) is 0.170. The van der Waals surface area contributed by atoms with Crippen LogP contribution in [0, 0.1) is 5.92 Å². The second-order valence-corrected chi connectivity index (χ2v) is 12.9. The molecule has 214 valence electrons. The van der Waals surface area contributed by atoms with Crippen molar-refractivity contribution in [2.75, 3.05) is 11.1 Å². The van der Waals surface area contributed by atoms with E-state index in [1.807, 2.05) is 47.8 Å². The number of benzene rings is 2. The lowest BCUT2D eigenvalue weighted by atomic mass is 9.88. The van der Waals surface area contributed by atoms with Gasteiger partial charge in [-0.3, -0.25) is 14.5 Å². The molecule has 1 saturated heterocycles. The van der Waals surface area contributed by atoms with Crippen molar-refractivity contribution in [2.45, 2.75) is 69.0 Å². The van der Waals surface area contributed by atoms with Gasteiger partial charge in [0, 0.05) is 28.3 Å². The molecule has 0 radical (unpaired) electrons. The predicted octanol–water partition coefficient (Wildman–Crippen LogP) is 6.30. The van der Waals surface area contributed by atoms with Crippen LogP contribution >= 0.6 is 23.1 Å². The van der Waals surface area contributed by atoms with E-state index in [2.05, 4.69) is 15.6 Å². The maximum atomic E-state index is 13.5. The third-order valence-corrected chi connectivity index (χ3v) is 10.1. The molecule has 1 aliphatic heterocycles. The molecule has 1 unspecified atom stereocenters. The van der Waals surface area contributed by atoms with Gasteiger partial charge >= 0.3 is 6.09 Å². The molecule has 3 fully saturated rings. The summed E-state index contributed by atoms with van der Waals surface area (Å²) in [6, 6.07) is 16.6. The molecule has 3 aromatic rings. The van der Waals surface area contributed by atoms with Crippen LogP contribution in [0.1, 0.15) is 60.9 Å². The van der Waals surface area contributed by atoms with E-state index in [0.717, 1.165) is 55.3 Å². The third-order valence-electron chi connectivity index (χ3n) is 7.90. The molecule has 2 saturated carbocycles. The molecular weight excluding hydrogens is 556 g/mol. The number of carbonyl (C=O) groups excluding carboxylic acids is 3. The lowest BCUT2D eigenvalue weighted by Gasteiger charge is -2.34. The fourth-order valence-corrected chi connectivity index (χ4v) is 7.83. The molecule has 2 aromatic carbocycles. The third kappa shape index (κ3) is 6.76. The van der Waals surface area contributed by atoms with E-state index in [9.17, 15) is 14.4 Å². The molecule has 0 bridgehead atoms. The van der Waals surface area contributed by atoms with Crippen LogP contribution in [-0.4, -0.2) is 51.0 Å². The minimum absolute atomic E-state index is 0.0573. The highest BCUT2D eigenvalue weighted by Crippen LogP contribution is 2.41. The van der Waals surface area contributed by atoms with Crippen LogP contribution in [-0.2, 0) is 16.1 Å². The SMILES string of the molecule is O=C(NC1CC1)c1ccc(-c2csc(NC(=O)[C@@H]3CSC(C4CCCCC4)N3C(=O)OCc3ccccc3)n2)cc1. The van der Waals surface area contributed by atoms with Gasteiger partial charge in [0.25, 0.3) is 5.91 Å². The quantitative estimate of drug-likeness (QED) is 0.319. The number of aromatic nitrogens is 1. The van der Waals surface area contributed by atoms with Crippen LogP contribution in [0.4, 0.5) is 9.93 Å². The molecule has 3 amide bonds. The van der Waals surface area contributed by atoms with Crippen molar-refractivity contribution in [2.24, 2.45) is 5.92 Å². The van der Waals surface area contributed by atoms with Gasteiger partial charge in [0.05, 0.1) is 11.1 Å². The Balaban J connectivity index is 1.12. The molecule has 8 nitrogen and oxygen atoms in total. The molecule has 2 aliphatic carbocycles. The summed E-state index contributed by atoms with van der Waals surface area (Å²) in [5.41, 5.74) is 3.12. The maximum absolute atomic E-state index is 13.5. The van der Waals surface area contributed by atoms with Crippen molar-refractivity contribution in [3.05, 3.63) is 71.1 Å². The molecule has 2 heterocycles. The Hall–Kier alpha value is -3.37. The van der Waals surface area contributed by atoms with Gasteiger partial charge in [0.1, 0.15) is 12.6 Å². The highest BCUT2D eigenvalue weighted by molar-refractivity contribution is 8.00. The number of amides is 3. The second-order valence-electron chi connectivity index (χ2n) is 10.9. The van der Waals surface area contributed by atoms with E-state index in [1.165, 1.54) is 17.8 Å². The number of hydrogen-bond donors (Lipinski definition) is 2. The van der Waals surface area contributed by atoms with Gasteiger partial charge < -0.3 is 15.4 Å². The number of rotatable bonds is 8. The minimum Gasteiger partial charge on any atom is -0.445 e. The number of ether oxygens (including phenoxy) is 1. The zero-order valence-corrected chi connectivity index (χ0v) is 24.4. The summed E-state index contributed by atoms with van der Waals surface area (Å²) in [5.74, 6) is 0.575. The highest BCUT2D eigenvalue weighted by Gasteiger charge is 2.46. The molecular formula is C31H34N4O4S2. The summed E-state index contributed by atoms with van der Waals surface area (Å²) in [4.78, 5) is 45.6. The summed E-state index contributed by atoms with van der Waals surface area (Å²) in [7, 11) is 0. The Morgan fingerprint density at radius 3 is 2.44 bits per heavy atom. The van der Waals surface area contributed by atoms with Crippen LogP contribution < -0.4 is 10.6 Å². The monoisotopic (exact) mass is 590 g/mol. The molecule has 2 atom stereocenters. The summed E-state index contributed by atoms with van der Waals surface area (Å²) in [5, 5.41) is 8.24. The second kappa shape index (κ2) is 12.7. The zero-order chi connectivity index (χ0) is 28.2. The minimum atomic E-state index is -0.633. The smallest absolute Gasteiger partial charge is 0.411 e. The van der Waals surface area contributed by atoms with Gasteiger partial charge in [-0.2, -0.15) is 0 Å². The fraction of sp³-hybridized carbons (Fsp3) is 0.419. The van der Waals surface area contributed by atoms with Crippen molar-refractivity contribution in [3.8, 4) is 11.3 Å². The summed E-state index contributed by atoms with van der Waals surface area (Å²) >= 11 is 3.02. The lowest BCUT2D eigenvalue weighted by Crippen LogP contribution is -2.50. The maximum Gasteiger partial charge on any atom is 0.411 e. The molecule has 0 spiro atoms. The highest BCUT2D eigenvalue weighted by atomic mass is 32.2. The number of thiazole rings is 1. The first-order valence-electron chi connectivity index (χ1n) is 14.3. The summed E-state index contributed by atoms with van der Waals surface area (Å²) < 4.78 is 5.73. The zero-order valence-electron chi connectivity index (χ0n) is 22.8. The topological polar surface area (TPSA) is 101 Å². The number of carbonyl (C=O) groups is 3. The Kier molecular flexibility index (Phi) is 8.57. The van der Waals surface area contributed by atoms with E-state index in [-0.39, 0.29) is 23.8 Å². The largest absolute Gasteiger partial charge is 0.445 e. The van der Waals surface area contributed by atoms with Crippen molar-refractivity contribution in [1.82, 2.24) is 15.2 Å². The van der Waals surface area contributed by atoms with Crippen LogP contribution in [0.15, 0.2) is 60.0 Å². The number of thioether (sulfide) groups is 1. The van der Waals surface area contributed by atoms with Gasteiger partial charge in [0.15, 0.2) is 5.13 Å². The van der Waals surface area contributed by atoms with Crippen LogP contribution in [0.2, 0.25) is 0 Å². The van der Waals surface area contributed by atoms with Gasteiger partial charge in [-0.1, -0.05) is 61.7 Å². The predicted molar refractivity (Wildman–Crippen MR) is 162 cm³/mol. The fourth-order valence-electron chi connectivity index (χ4n) is 5.48. The average Bonchev–Trinajstić information content (AvgIpc) is 3.51. The molecule has 1 aromatic heterocycles. The van der Waals surface area contributed by atoms with Crippen LogP contribution in [0.3, 0.4) is 0 Å². The van der Waals surface area contributed by atoms with Gasteiger partial charge in [0.2, 0.25) is 5.91 Å². The Labute approximate surface area is 248 Å². The Bertz CT molecular complexity index is 1370. The molecule has 41 heavy (non-hydrogen) atoms. The molecule has 3 aliphatic rings. The van der Waals surface area contributed by atoms with Gasteiger partial charge in [-0.25, -0.2) is 9.78 Å². The molecule has 6 rings (SSSR count). The van der Waals surface area contributed by atoms with Crippen molar-refractivity contribution >= 4 is 46.1 Å². The first kappa shape index (κ1) is 27.8. The average molecular weight is 591 g/mol. The summed E-state index contributed by atoms with van der Waals surface area (Å²) in [6.07, 6.45) is 7.30. The first-order valence-corrected chi connectivity index (χ1v) is 16.3. The van der Waals surface area contributed by atoms with Gasteiger partial charge in [-0.05, 0) is 49.3 Å². The van der Waals surface area contributed by atoms with E-state index < -0.39 is 12.1 Å². The number of anilines is 1. The van der Waals surface area contributed by atoms with Crippen molar-refractivity contribution < 1.29 is 19.1 Å². The number of nitrogens with one attached hydrogen (secondary N) is 2. The molecule has 2 N–H and O–H groups in total. The van der Waals surface area contributed by atoms with Crippen LogP contribution in [0.25, 0.3) is 11.3 Å². The van der Waals surface area contributed by atoms with Crippen molar-refractivity contribution in [3.63, 3.8) is 0 Å². The standard InChI is InChI=1S/C31H34N4O4S2/c36-27(32-24-15-16-24)22-13-11-21(12-14-22)25-18-41-30(33-25)34-28(37)26-19-40-29(23-9-5-2-6-10-23)35(26)31(38)39-17-20-7-3-1-4-8-20/h1,3-4,7-8,11-14,18,23-24,26,29H,2,5-6,9-10,15-17,19H2,(H,32,36)(H,33,34,37)/t26-,29?/m0/s1. The van der Waals surface area contributed by atoms with Gasteiger partial charge in [-0.15, -0.1) is 23.1 Å². The molecule has 10 heteroatoms. The van der Waals surface area contributed by atoms with Crippen molar-refractivity contribution in [1.29, 1.82) is 0 Å². The van der Waals surface area contributed by atoms with E-state index in [4.69, 9.17) is 4.74 Å². The van der Waals surface area contributed by atoms with E-state index in [1.54, 1.807) is 28.8 Å². The normalized spacial score (nSPS) is 20.9. The Morgan fingerprint density at radius 2 is 1.71 bits per heavy atom. The van der Waals surface area contributed by atoms with E-state index in [0.29, 0.717) is 28.4 Å². The number of hydrogen-bond acceptors (Lipinski definition) is 7. The van der Waals surface area contributed by atoms with Crippen LogP contribution in [0.5, 0.6) is 0 Å². The lowest BCUT2D eigenvalue weighted by molar-refractivity contribution is -0.120. The first-order chi connectivity index (χ1) is 20.0. The van der Waals surface area contributed by atoms with E-state index >= 15 is 0 Å².